The Bertz CT molecular complexity index is 99.6. The molecule has 0 aliphatic carbocycles. The minimum atomic E-state index is -5.64. The van der Waals surface area contributed by atoms with Gasteiger partial charge in [0.15, 0.2) is 0 Å². The van der Waals surface area contributed by atoms with Gasteiger partial charge in [0.2, 0.25) is 0 Å². The zero-order valence-corrected chi connectivity index (χ0v) is 5.29. The van der Waals surface area contributed by atoms with Crippen LogP contribution >= 0.6 is 0 Å². The molecule has 0 aliphatic heterocycles. The second kappa shape index (κ2) is 3.50. The number of hydrogen-bond acceptors (Lipinski definition) is 1. The molecule has 0 saturated heterocycles. The molecule has 0 fully saturated rings. The third-order valence-electron chi connectivity index (χ3n) is 0.613. The third kappa shape index (κ3) is 2.81. The van der Waals surface area contributed by atoms with Crippen molar-refractivity contribution < 1.29 is 44.1 Å². The predicted molar refractivity (Wildman–Crippen MR) is 18.1 cm³/mol. The number of aliphatic hydroxyl groups excluding tert-OH is 1. The van der Waals surface area contributed by atoms with Gasteiger partial charge in [0.05, 0.1) is 0 Å². The second-order valence-corrected chi connectivity index (χ2v) is 1.36. The van der Waals surface area contributed by atoms with Gasteiger partial charge < -0.3 is 5.11 Å². The van der Waals surface area contributed by atoms with E-state index in [1.807, 2.05) is 0 Å². The molecule has 0 amide bonds. The summed E-state index contributed by atoms with van der Waals surface area (Å²) in [7, 11) is 0. The Labute approximate surface area is 63.7 Å². The van der Waals surface area contributed by atoms with E-state index in [2.05, 4.69) is 0 Å². The van der Waals surface area contributed by atoms with Crippen molar-refractivity contribution in [3.05, 3.63) is 0 Å². The van der Waals surface area contributed by atoms with Gasteiger partial charge in [-0.3, -0.25) is 0 Å². The first-order chi connectivity index (χ1) is 3.81. The van der Waals surface area contributed by atoms with Gasteiger partial charge in [-0.2, -0.15) is 22.0 Å². The van der Waals surface area contributed by atoms with Gasteiger partial charge >= 0.3 is 12.1 Å². The maximum atomic E-state index is 11.3. The van der Waals surface area contributed by atoms with Crippen LogP contribution in [0.5, 0.6) is 0 Å². The number of rotatable bonds is 1. The van der Waals surface area contributed by atoms with Gasteiger partial charge in [-0.05, 0) is 0 Å². The quantitative estimate of drug-likeness (QED) is 0.512. The SMILES string of the molecule is OCC(F)(F)C(F)(F)F.[Cu]. The Morgan fingerprint density at radius 1 is 1.00 bits per heavy atom. The number of alkyl halides is 5. The molecular formula is C3H3CuF5O. The third-order valence-corrected chi connectivity index (χ3v) is 0.613. The maximum Gasteiger partial charge on any atom is 0.455 e. The Morgan fingerprint density at radius 2 is 1.30 bits per heavy atom. The summed E-state index contributed by atoms with van der Waals surface area (Å²) < 4.78 is 55.3. The van der Waals surface area contributed by atoms with Crippen molar-refractivity contribution in [2.24, 2.45) is 0 Å². The molecule has 0 heterocycles. The van der Waals surface area contributed by atoms with E-state index in [1.54, 1.807) is 0 Å². The molecule has 7 heteroatoms. The smallest absolute Gasteiger partial charge is 0.390 e. The zero-order valence-electron chi connectivity index (χ0n) is 4.35. The van der Waals surface area contributed by atoms with Gasteiger partial charge in [0.1, 0.15) is 6.61 Å². The summed E-state index contributed by atoms with van der Waals surface area (Å²) in [6, 6.07) is 0. The Morgan fingerprint density at radius 3 is 1.30 bits per heavy atom. The van der Waals surface area contributed by atoms with Gasteiger partial charge in [-0.25, -0.2) is 0 Å². The van der Waals surface area contributed by atoms with Gasteiger partial charge in [0, 0.05) is 17.1 Å². The van der Waals surface area contributed by atoms with Crippen LogP contribution in [0.25, 0.3) is 0 Å². The zero-order chi connectivity index (χ0) is 7.71. The van der Waals surface area contributed by atoms with Crippen LogP contribution in [0.4, 0.5) is 22.0 Å². The van der Waals surface area contributed by atoms with E-state index in [1.165, 1.54) is 0 Å². The minimum Gasteiger partial charge on any atom is -0.390 e. The topological polar surface area (TPSA) is 20.2 Å². The summed E-state index contributed by atoms with van der Waals surface area (Å²) in [4.78, 5) is 0. The predicted octanol–water partition coefficient (Wildman–Crippen LogP) is 1.17. The molecule has 1 N–H and O–H groups in total. The maximum absolute atomic E-state index is 11.3. The normalized spacial score (nSPS) is 12.6. The molecule has 1 nitrogen and oxygen atoms in total. The molecule has 0 spiro atoms. The summed E-state index contributed by atoms with van der Waals surface area (Å²) in [5, 5.41) is 7.46. The van der Waals surface area contributed by atoms with E-state index in [-0.39, 0.29) is 17.1 Å². The molecule has 67 valence electrons. The van der Waals surface area contributed by atoms with Crippen molar-refractivity contribution in [2.75, 3.05) is 6.61 Å². The fourth-order valence-corrected chi connectivity index (χ4v) is 0.0896. The van der Waals surface area contributed by atoms with Crippen LogP contribution in [0.2, 0.25) is 0 Å². The monoisotopic (exact) mass is 213 g/mol. The van der Waals surface area contributed by atoms with Crippen LogP contribution in [0.3, 0.4) is 0 Å². The van der Waals surface area contributed by atoms with Gasteiger partial charge in [-0.15, -0.1) is 0 Å². The van der Waals surface area contributed by atoms with Crippen molar-refractivity contribution in [1.29, 1.82) is 0 Å². The van der Waals surface area contributed by atoms with E-state index < -0.39 is 18.7 Å². The van der Waals surface area contributed by atoms with E-state index in [0.29, 0.717) is 0 Å². The average molecular weight is 214 g/mol. The van der Waals surface area contributed by atoms with Crippen LogP contribution in [0.1, 0.15) is 0 Å². The van der Waals surface area contributed by atoms with Crippen LogP contribution in [-0.4, -0.2) is 23.8 Å². The molecule has 0 atom stereocenters. The van der Waals surface area contributed by atoms with Crippen molar-refractivity contribution in [2.45, 2.75) is 12.1 Å². The number of hydrogen-bond donors (Lipinski definition) is 1. The molecule has 0 unspecified atom stereocenters. The molecule has 0 rings (SSSR count). The minimum absolute atomic E-state index is 0. The Kier molecular flexibility index (Phi) is 4.47. The molecule has 0 bridgehead atoms. The molecule has 0 aromatic heterocycles. The van der Waals surface area contributed by atoms with Crippen LogP contribution < -0.4 is 0 Å². The van der Waals surface area contributed by atoms with Crippen molar-refractivity contribution >= 4 is 0 Å². The number of halogens is 5. The fourth-order valence-electron chi connectivity index (χ4n) is 0.0896. The van der Waals surface area contributed by atoms with E-state index in [9.17, 15) is 22.0 Å². The van der Waals surface area contributed by atoms with E-state index >= 15 is 0 Å². The first kappa shape index (κ1) is 12.8. The molecule has 0 aliphatic rings. The van der Waals surface area contributed by atoms with E-state index in [4.69, 9.17) is 5.11 Å². The molecule has 0 aromatic carbocycles. The number of aliphatic hydroxyl groups is 1. The van der Waals surface area contributed by atoms with Gasteiger partial charge in [0.25, 0.3) is 0 Å². The molecule has 0 saturated carbocycles. The largest absolute Gasteiger partial charge is 0.455 e. The summed E-state index contributed by atoms with van der Waals surface area (Å²) in [5.74, 6) is -4.97. The summed E-state index contributed by atoms with van der Waals surface area (Å²) in [5.41, 5.74) is 0. The first-order valence-corrected chi connectivity index (χ1v) is 1.86. The standard InChI is InChI=1S/C3H3F5O.Cu/c4-2(5,1-9)3(6,7)8;/h9H,1H2;. The average Bonchev–Trinajstić information content (AvgIpc) is 1.64. The molecule has 0 aromatic rings. The molecule has 10 heavy (non-hydrogen) atoms. The first-order valence-electron chi connectivity index (χ1n) is 1.86. The van der Waals surface area contributed by atoms with Crippen molar-refractivity contribution in [3.8, 4) is 0 Å². The fraction of sp³-hybridized carbons (Fsp3) is 1.00. The summed E-state index contributed by atoms with van der Waals surface area (Å²) in [6.45, 7) is -2.20. The van der Waals surface area contributed by atoms with Crippen LogP contribution in [0, 0.1) is 0 Å². The summed E-state index contributed by atoms with van der Waals surface area (Å²) in [6.07, 6.45) is -5.64. The van der Waals surface area contributed by atoms with Crippen LogP contribution in [0.15, 0.2) is 0 Å². The van der Waals surface area contributed by atoms with Gasteiger partial charge in [-0.1, -0.05) is 0 Å². The summed E-state index contributed by atoms with van der Waals surface area (Å²) >= 11 is 0. The molecule has 1 radical (unpaired) electrons. The van der Waals surface area contributed by atoms with Crippen molar-refractivity contribution in [3.63, 3.8) is 0 Å². The van der Waals surface area contributed by atoms with E-state index in [0.717, 1.165) is 0 Å². The van der Waals surface area contributed by atoms with Crippen LogP contribution in [-0.2, 0) is 17.1 Å². The Balaban J connectivity index is 0. The second-order valence-electron chi connectivity index (χ2n) is 1.36. The van der Waals surface area contributed by atoms with Crippen molar-refractivity contribution in [1.82, 2.24) is 0 Å². The Hall–Kier alpha value is 0.129. The molecular weight excluding hydrogens is 211 g/mol.